The van der Waals surface area contributed by atoms with E-state index in [1.165, 1.54) is 0 Å². The van der Waals surface area contributed by atoms with Crippen molar-refractivity contribution in [3.63, 3.8) is 0 Å². The van der Waals surface area contributed by atoms with Gasteiger partial charge in [0.1, 0.15) is 17.1 Å². The van der Waals surface area contributed by atoms with Gasteiger partial charge in [-0.2, -0.15) is 0 Å². The number of rotatable bonds is 5. The molecule has 0 atom stereocenters. The van der Waals surface area contributed by atoms with Crippen LogP contribution in [0.1, 0.15) is 28.6 Å². The van der Waals surface area contributed by atoms with Gasteiger partial charge in [-0.1, -0.05) is 35.1 Å². The van der Waals surface area contributed by atoms with Crippen LogP contribution >= 0.6 is 11.3 Å². The maximum absolute atomic E-state index is 13.0. The molecule has 6 nitrogen and oxygen atoms in total. The molecule has 2 aromatic heterocycles. The number of aryl methyl sites for hydroxylation is 2. The van der Waals surface area contributed by atoms with Crippen molar-refractivity contribution in [3.05, 3.63) is 81.2 Å². The number of benzene rings is 3. The molecular formula is C26H20O6S. The van der Waals surface area contributed by atoms with Gasteiger partial charge in [0.25, 0.3) is 0 Å². The summed E-state index contributed by atoms with van der Waals surface area (Å²) in [4.78, 5) is 24.5. The van der Waals surface area contributed by atoms with Crippen LogP contribution < -0.4 is 14.4 Å². The molecule has 0 bridgehead atoms. The fourth-order valence-electron chi connectivity index (χ4n) is 3.81. The van der Waals surface area contributed by atoms with E-state index >= 15 is 0 Å². The predicted molar refractivity (Wildman–Crippen MR) is 128 cm³/mol. The van der Waals surface area contributed by atoms with Gasteiger partial charge in [0, 0.05) is 22.6 Å². The topological polar surface area (TPSA) is 78.9 Å². The van der Waals surface area contributed by atoms with Crippen molar-refractivity contribution in [2.24, 2.45) is 0 Å². The van der Waals surface area contributed by atoms with Gasteiger partial charge in [-0.15, -0.1) is 0 Å². The van der Waals surface area contributed by atoms with Crippen LogP contribution in [0.4, 0.5) is 0 Å². The van der Waals surface area contributed by atoms with E-state index in [1.807, 2.05) is 63.2 Å². The number of ether oxygens (including phenoxy) is 2. The molecule has 7 heteroatoms. The average molecular weight is 461 g/mol. The zero-order valence-corrected chi connectivity index (χ0v) is 19.1. The van der Waals surface area contributed by atoms with Crippen molar-refractivity contribution in [1.29, 1.82) is 0 Å². The number of carbonyl (C=O) groups is 1. The highest BCUT2D eigenvalue weighted by molar-refractivity contribution is 7.16. The molecular weight excluding hydrogens is 440 g/mol. The summed E-state index contributed by atoms with van der Waals surface area (Å²) in [6, 6.07) is 16.5. The Bertz CT molecular complexity index is 1550. The minimum atomic E-state index is -0.603. The minimum Gasteiger partial charge on any atom is -0.494 e. The van der Waals surface area contributed by atoms with Gasteiger partial charge in [-0.25, -0.2) is 9.59 Å². The van der Waals surface area contributed by atoms with Crippen molar-refractivity contribution >= 4 is 38.6 Å². The first-order valence-corrected chi connectivity index (χ1v) is 11.3. The average Bonchev–Trinajstić information content (AvgIpc) is 3.33. The van der Waals surface area contributed by atoms with Crippen LogP contribution in [0.15, 0.2) is 68.2 Å². The fourth-order valence-corrected chi connectivity index (χ4v) is 4.53. The Kier molecular flexibility index (Phi) is 5.26. The second-order valence-corrected chi connectivity index (χ2v) is 8.63. The van der Waals surface area contributed by atoms with Crippen molar-refractivity contribution in [1.82, 2.24) is 0 Å². The number of hydrogen-bond acceptors (Lipinski definition) is 7. The molecule has 0 unspecified atom stereocenters. The molecule has 0 saturated carbocycles. The molecule has 5 rings (SSSR count). The third kappa shape index (κ3) is 3.91. The van der Waals surface area contributed by atoms with Crippen molar-refractivity contribution in [3.8, 4) is 22.6 Å². The molecule has 0 aliphatic rings. The standard InChI is InChI=1S/C26H20O6S/c1-4-29-17-8-6-16(7-9-17)20-12-18(13-22-24(20)32-26(28)33-22)30-25(27)23-15(3)19-11-14(2)5-10-21(19)31-23/h5-13H,4H2,1-3H3. The molecule has 0 aliphatic carbocycles. The molecule has 0 radical (unpaired) electrons. The van der Waals surface area contributed by atoms with E-state index in [0.29, 0.717) is 33.8 Å². The highest BCUT2D eigenvalue weighted by atomic mass is 32.1. The number of fused-ring (bicyclic) bond motifs is 2. The first kappa shape index (κ1) is 21.0. The Morgan fingerprint density at radius 1 is 0.970 bits per heavy atom. The highest BCUT2D eigenvalue weighted by Gasteiger charge is 2.21. The lowest BCUT2D eigenvalue weighted by Gasteiger charge is -2.08. The Hall–Kier alpha value is -3.84. The third-order valence-corrected chi connectivity index (χ3v) is 6.14. The van der Waals surface area contributed by atoms with Crippen LogP contribution in [-0.2, 0) is 0 Å². The lowest BCUT2D eigenvalue weighted by molar-refractivity contribution is 0.0703. The highest BCUT2D eigenvalue weighted by Crippen LogP contribution is 2.36. The lowest BCUT2D eigenvalue weighted by Crippen LogP contribution is -2.08. The SMILES string of the molecule is CCOc1ccc(-c2cc(OC(=O)c3oc4ccc(C)cc4c3C)cc3sc(=O)oc23)cc1. The van der Waals surface area contributed by atoms with E-state index in [1.54, 1.807) is 12.1 Å². The first-order valence-electron chi connectivity index (χ1n) is 10.5. The normalized spacial score (nSPS) is 11.2. The van der Waals surface area contributed by atoms with Gasteiger partial charge in [0.05, 0.1) is 11.3 Å². The zero-order chi connectivity index (χ0) is 23.1. The number of furan rings is 1. The summed E-state index contributed by atoms with van der Waals surface area (Å²) in [6.07, 6.45) is 0. The van der Waals surface area contributed by atoms with E-state index in [-0.39, 0.29) is 5.76 Å². The first-order chi connectivity index (χ1) is 15.9. The number of hydrogen-bond donors (Lipinski definition) is 0. The number of esters is 1. The molecule has 0 fully saturated rings. The lowest BCUT2D eigenvalue weighted by atomic mass is 10.0. The molecule has 5 aromatic rings. The van der Waals surface area contributed by atoms with E-state index in [9.17, 15) is 9.59 Å². The Balaban J connectivity index is 1.54. The van der Waals surface area contributed by atoms with E-state index < -0.39 is 10.9 Å². The number of carbonyl (C=O) groups excluding carboxylic acids is 1. The summed E-state index contributed by atoms with van der Waals surface area (Å²) in [5.74, 6) is 0.583. The minimum absolute atomic E-state index is 0.152. The van der Waals surface area contributed by atoms with E-state index in [0.717, 1.165) is 39.2 Å². The fraction of sp³-hybridized carbons (Fsp3) is 0.154. The molecule has 0 saturated heterocycles. The van der Waals surface area contributed by atoms with Gasteiger partial charge in [-0.3, -0.25) is 0 Å². The molecule has 33 heavy (non-hydrogen) atoms. The summed E-state index contributed by atoms with van der Waals surface area (Å²) in [6.45, 7) is 6.30. The van der Waals surface area contributed by atoms with Crippen LogP contribution in [0.3, 0.4) is 0 Å². The largest absolute Gasteiger partial charge is 0.494 e. The monoisotopic (exact) mass is 460 g/mol. The van der Waals surface area contributed by atoms with Gasteiger partial charge in [0.2, 0.25) is 5.76 Å². The Labute approximate surface area is 193 Å². The van der Waals surface area contributed by atoms with Gasteiger partial charge in [0.15, 0.2) is 5.58 Å². The molecule has 166 valence electrons. The molecule has 2 heterocycles. The van der Waals surface area contributed by atoms with Crippen molar-refractivity contribution < 1.29 is 23.1 Å². The van der Waals surface area contributed by atoms with Gasteiger partial charge < -0.3 is 18.3 Å². The summed E-state index contributed by atoms with van der Waals surface area (Å²) in [5.41, 5.74) is 4.33. The van der Waals surface area contributed by atoms with E-state index in [4.69, 9.17) is 18.3 Å². The van der Waals surface area contributed by atoms with Crippen LogP contribution in [0.25, 0.3) is 32.4 Å². The predicted octanol–water partition coefficient (Wildman–Crippen LogP) is 6.50. The summed E-state index contributed by atoms with van der Waals surface area (Å²) in [7, 11) is 0. The molecule has 0 aliphatic heterocycles. The van der Waals surface area contributed by atoms with Crippen LogP contribution in [-0.4, -0.2) is 12.6 Å². The molecule has 3 aromatic carbocycles. The summed E-state index contributed by atoms with van der Waals surface area (Å²) < 4.78 is 23.0. The smallest absolute Gasteiger partial charge is 0.396 e. The van der Waals surface area contributed by atoms with E-state index in [2.05, 4.69) is 0 Å². The zero-order valence-electron chi connectivity index (χ0n) is 18.3. The molecule has 0 spiro atoms. The Morgan fingerprint density at radius 3 is 2.52 bits per heavy atom. The summed E-state index contributed by atoms with van der Waals surface area (Å²) in [5, 5.41) is 0.875. The Morgan fingerprint density at radius 2 is 1.76 bits per heavy atom. The quantitative estimate of drug-likeness (QED) is 0.220. The van der Waals surface area contributed by atoms with Gasteiger partial charge >= 0.3 is 10.9 Å². The van der Waals surface area contributed by atoms with Crippen LogP contribution in [0, 0.1) is 13.8 Å². The maximum atomic E-state index is 13.0. The van der Waals surface area contributed by atoms with Crippen LogP contribution in [0.2, 0.25) is 0 Å². The van der Waals surface area contributed by atoms with Gasteiger partial charge in [-0.05, 0) is 56.7 Å². The summed E-state index contributed by atoms with van der Waals surface area (Å²) >= 11 is 0.956. The molecule has 0 N–H and O–H groups in total. The second-order valence-electron chi connectivity index (χ2n) is 7.65. The third-order valence-electron chi connectivity index (χ3n) is 5.37. The molecule has 0 amide bonds. The van der Waals surface area contributed by atoms with Crippen molar-refractivity contribution in [2.75, 3.05) is 6.61 Å². The van der Waals surface area contributed by atoms with Crippen molar-refractivity contribution in [2.45, 2.75) is 20.8 Å². The van der Waals surface area contributed by atoms with Crippen LogP contribution in [0.5, 0.6) is 11.5 Å². The maximum Gasteiger partial charge on any atom is 0.396 e. The second kappa shape index (κ2) is 8.26.